The molecule has 1 aliphatic rings. The first-order chi connectivity index (χ1) is 10.5. The van der Waals surface area contributed by atoms with Gasteiger partial charge >= 0.3 is 6.09 Å². The molecule has 0 aromatic heterocycles. The van der Waals surface area contributed by atoms with Crippen LogP contribution in [-0.4, -0.2) is 30.6 Å². The Bertz CT molecular complexity index is 363. The summed E-state index contributed by atoms with van der Waals surface area (Å²) in [5.41, 5.74) is 3.08. The normalized spacial score (nSPS) is 19.2. The predicted molar refractivity (Wildman–Crippen MR) is 89.1 cm³/mol. The summed E-state index contributed by atoms with van der Waals surface area (Å²) in [6, 6.07) is 0. The van der Waals surface area contributed by atoms with Gasteiger partial charge in [0.15, 0.2) is 0 Å². The maximum atomic E-state index is 12.0. The van der Waals surface area contributed by atoms with Gasteiger partial charge < -0.3 is 9.47 Å². The zero-order valence-electron chi connectivity index (χ0n) is 14.6. The monoisotopic (exact) mass is 312 g/mol. The number of nitrogens with one attached hydrogen (secondary N) is 1. The van der Waals surface area contributed by atoms with Gasteiger partial charge in [0.1, 0.15) is 5.60 Å². The Morgan fingerprint density at radius 1 is 1.36 bits per heavy atom. The number of nitrogens with zero attached hydrogens (tertiary/aromatic N) is 1. The average molecular weight is 312 g/mol. The third kappa shape index (κ3) is 7.25. The molecule has 1 heterocycles. The fourth-order valence-electron chi connectivity index (χ4n) is 2.58. The highest BCUT2D eigenvalue weighted by atomic mass is 16.6. The molecular weight excluding hydrogens is 280 g/mol. The second-order valence-electron chi connectivity index (χ2n) is 6.53. The molecule has 1 aliphatic heterocycles. The lowest BCUT2D eigenvalue weighted by atomic mass is 9.90. The first-order valence-electron chi connectivity index (χ1n) is 8.61. The van der Waals surface area contributed by atoms with Crippen molar-refractivity contribution in [3.05, 3.63) is 0 Å². The Balaban J connectivity index is 2.40. The molecule has 0 radical (unpaired) electrons. The van der Waals surface area contributed by atoms with E-state index in [1.807, 2.05) is 6.92 Å². The minimum atomic E-state index is -0.452. The zero-order valence-corrected chi connectivity index (χ0v) is 14.6. The van der Waals surface area contributed by atoms with Gasteiger partial charge in [-0.2, -0.15) is 5.10 Å². The van der Waals surface area contributed by atoms with Gasteiger partial charge in [-0.05, 0) is 32.1 Å². The summed E-state index contributed by atoms with van der Waals surface area (Å²) >= 11 is 0. The Hall–Kier alpha value is -1.10. The largest absolute Gasteiger partial charge is 0.442 e. The molecule has 0 bridgehead atoms. The topological polar surface area (TPSA) is 59.9 Å². The van der Waals surface area contributed by atoms with E-state index in [1.165, 1.54) is 12.8 Å². The van der Waals surface area contributed by atoms with Crippen LogP contribution < -0.4 is 5.43 Å². The molecule has 0 aromatic rings. The van der Waals surface area contributed by atoms with Gasteiger partial charge in [0, 0.05) is 18.6 Å². The maximum Gasteiger partial charge on any atom is 0.428 e. The van der Waals surface area contributed by atoms with Crippen molar-refractivity contribution in [2.45, 2.75) is 78.2 Å². The van der Waals surface area contributed by atoms with Crippen LogP contribution in [0.15, 0.2) is 5.10 Å². The average Bonchev–Trinajstić information content (AvgIpc) is 2.52. The third-order valence-electron chi connectivity index (χ3n) is 4.41. The quantitative estimate of drug-likeness (QED) is 0.681. The zero-order chi connectivity index (χ0) is 16.4. The van der Waals surface area contributed by atoms with Gasteiger partial charge in [0.05, 0.1) is 13.2 Å². The molecule has 0 saturated carbocycles. The van der Waals surface area contributed by atoms with Gasteiger partial charge in [0.25, 0.3) is 0 Å². The Labute approximate surface area is 134 Å². The summed E-state index contributed by atoms with van der Waals surface area (Å²) in [5.74, 6) is 0.671. The van der Waals surface area contributed by atoms with Crippen molar-refractivity contribution in [2.24, 2.45) is 11.0 Å². The predicted octanol–water partition coefficient (Wildman–Crippen LogP) is 4.26. The van der Waals surface area contributed by atoms with Crippen molar-refractivity contribution < 1.29 is 14.3 Å². The van der Waals surface area contributed by atoms with Gasteiger partial charge in [-0.3, -0.25) is 0 Å². The highest BCUT2D eigenvalue weighted by Crippen LogP contribution is 2.26. The second-order valence-corrected chi connectivity index (χ2v) is 6.53. The van der Waals surface area contributed by atoms with E-state index in [1.54, 1.807) is 0 Å². The number of carbonyl (C=O) groups excluding carboxylic acids is 1. The molecule has 0 aliphatic carbocycles. The molecule has 1 rings (SSSR count). The van der Waals surface area contributed by atoms with Crippen molar-refractivity contribution in [3.8, 4) is 0 Å². The van der Waals surface area contributed by atoms with Gasteiger partial charge in [0.2, 0.25) is 0 Å². The fourth-order valence-corrected chi connectivity index (χ4v) is 2.58. The maximum absolute atomic E-state index is 12.0. The number of amides is 1. The smallest absolute Gasteiger partial charge is 0.428 e. The number of carbonyl (C=O) groups is 1. The van der Waals surface area contributed by atoms with Crippen molar-refractivity contribution in [1.82, 2.24) is 5.43 Å². The molecule has 1 amide bonds. The van der Waals surface area contributed by atoms with Crippen LogP contribution in [0.4, 0.5) is 4.79 Å². The van der Waals surface area contributed by atoms with Crippen LogP contribution in [0, 0.1) is 5.92 Å². The van der Waals surface area contributed by atoms with Crippen LogP contribution in [-0.2, 0) is 9.47 Å². The molecule has 1 saturated heterocycles. The van der Waals surface area contributed by atoms with Crippen molar-refractivity contribution in [1.29, 1.82) is 0 Å². The molecule has 128 valence electrons. The fraction of sp³-hybridized carbons (Fsp3) is 0.882. The molecule has 1 N–H and O–H groups in total. The number of hydrogen-bond acceptors (Lipinski definition) is 4. The Morgan fingerprint density at radius 2 is 2.05 bits per heavy atom. The highest BCUT2D eigenvalue weighted by Gasteiger charge is 2.27. The first-order valence-corrected chi connectivity index (χ1v) is 8.61. The molecule has 0 spiro atoms. The van der Waals surface area contributed by atoms with E-state index in [0.717, 1.165) is 37.8 Å². The van der Waals surface area contributed by atoms with Crippen molar-refractivity contribution in [2.75, 3.05) is 13.2 Å². The van der Waals surface area contributed by atoms with Crippen LogP contribution in [0.2, 0.25) is 0 Å². The van der Waals surface area contributed by atoms with E-state index in [2.05, 4.69) is 31.3 Å². The van der Waals surface area contributed by atoms with Gasteiger partial charge in [-0.1, -0.05) is 33.6 Å². The number of rotatable bonds is 8. The van der Waals surface area contributed by atoms with Crippen molar-refractivity contribution >= 4 is 11.8 Å². The van der Waals surface area contributed by atoms with Crippen LogP contribution in [0.1, 0.15) is 72.6 Å². The van der Waals surface area contributed by atoms with Gasteiger partial charge in [-0.25, -0.2) is 10.2 Å². The molecule has 2 unspecified atom stereocenters. The van der Waals surface area contributed by atoms with E-state index < -0.39 is 11.7 Å². The lowest BCUT2D eigenvalue weighted by Gasteiger charge is -2.29. The summed E-state index contributed by atoms with van der Waals surface area (Å²) in [6.07, 6.45) is 6.31. The molecule has 0 aromatic carbocycles. The summed E-state index contributed by atoms with van der Waals surface area (Å²) in [4.78, 5) is 12.0. The minimum Gasteiger partial charge on any atom is -0.442 e. The second kappa shape index (κ2) is 9.82. The lowest BCUT2D eigenvalue weighted by molar-refractivity contribution is 0.0114. The number of ether oxygens (including phenoxy) is 2. The molecule has 1 fully saturated rings. The van der Waals surface area contributed by atoms with Crippen LogP contribution in [0.3, 0.4) is 0 Å². The summed E-state index contributed by atoms with van der Waals surface area (Å²) in [7, 11) is 0. The van der Waals surface area contributed by atoms with Gasteiger partial charge in [-0.15, -0.1) is 0 Å². The van der Waals surface area contributed by atoms with E-state index in [4.69, 9.17) is 9.47 Å². The summed E-state index contributed by atoms with van der Waals surface area (Å²) < 4.78 is 10.9. The van der Waals surface area contributed by atoms with E-state index >= 15 is 0 Å². The molecule has 22 heavy (non-hydrogen) atoms. The highest BCUT2D eigenvalue weighted by molar-refractivity contribution is 5.86. The number of hydrazone groups is 1. The van der Waals surface area contributed by atoms with Crippen LogP contribution in [0.25, 0.3) is 0 Å². The molecule has 5 nitrogen and oxygen atoms in total. The van der Waals surface area contributed by atoms with Crippen LogP contribution >= 0.6 is 0 Å². The molecule has 5 heteroatoms. The third-order valence-corrected chi connectivity index (χ3v) is 4.41. The Kier molecular flexibility index (Phi) is 8.46. The van der Waals surface area contributed by atoms with Crippen LogP contribution in [0.5, 0.6) is 0 Å². The summed E-state index contributed by atoms with van der Waals surface area (Å²) in [5, 5.41) is 4.14. The van der Waals surface area contributed by atoms with Crippen molar-refractivity contribution in [3.63, 3.8) is 0 Å². The Morgan fingerprint density at radius 3 is 2.64 bits per heavy atom. The van der Waals surface area contributed by atoms with E-state index in [-0.39, 0.29) is 0 Å². The minimum absolute atomic E-state index is 0.415. The SMILES string of the molecule is CCCC(C)CCC(C)(CC)OC(=O)NN=C1CCOCC1. The molecule has 2 atom stereocenters. The number of hydrogen-bond donors (Lipinski definition) is 1. The standard InChI is InChI=1S/C17H32N2O3/c1-5-7-14(3)8-11-17(4,6-2)22-16(20)19-18-15-9-12-21-13-10-15/h14H,5-13H2,1-4H3,(H,19,20). The van der Waals surface area contributed by atoms with E-state index in [9.17, 15) is 4.79 Å². The van der Waals surface area contributed by atoms with E-state index in [0.29, 0.717) is 19.1 Å². The molecular formula is C17H32N2O3. The first kappa shape index (κ1) is 18.9. The summed E-state index contributed by atoms with van der Waals surface area (Å²) in [6.45, 7) is 9.88. The lowest BCUT2D eigenvalue weighted by Crippen LogP contribution is -2.35.